The maximum absolute atomic E-state index is 8.75. The number of rotatable bonds is 2. The molecule has 18 heavy (non-hydrogen) atoms. The van der Waals surface area contributed by atoms with E-state index in [0.717, 1.165) is 14.8 Å². The van der Waals surface area contributed by atoms with Crippen molar-refractivity contribution in [3.05, 3.63) is 54.1 Å². The maximum atomic E-state index is 8.75. The van der Waals surface area contributed by atoms with Gasteiger partial charge < -0.3 is 0 Å². The zero-order chi connectivity index (χ0) is 12.4. The summed E-state index contributed by atoms with van der Waals surface area (Å²) >= 11 is 3.32. The molecule has 0 saturated carbocycles. The molecule has 86 valence electrons. The Kier molecular flexibility index (Phi) is 3.01. The van der Waals surface area contributed by atoms with Crippen molar-refractivity contribution in [3.8, 4) is 6.07 Å². The Bertz CT molecular complexity index is 690. The molecule has 0 fully saturated rings. The van der Waals surface area contributed by atoms with Crippen molar-refractivity contribution in [1.82, 2.24) is 4.98 Å². The van der Waals surface area contributed by atoms with E-state index >= 15 is 0 Å². The van der Waals surface area contributed by atoms with Crippen molar-refractivity contribution in [2.45, 2.75) is 9.24 Å². The molecule has 2 aromatic carbocycles. The number of nitrogens with zero attached hydrogens (tertiary/aromatic N) is 2. The van der Waals surface area contributed by atoms with Gasteiger partial charge in [-0.05, 0) is 36.4 Å². The molecule has 0 aliphatic carbocycles. The zero-order valence-electron chi connectivity index (χ0n) is 9.33. The minimum atomic E-state index is 0.684. The summed E-state index contributed by atoms with van der Waals surface area (Å²) in [5.41, 5.74) is 1.72. The Hall–Kier alpha value is -1.83. The zero-order valence-corrected chi connectivity index (χ0v) is 11.0. The first-order valence-electron chi connectivity index (χ1n) is 5.39. The van der Waals surface area contributed by atoms with Gasteiger partial charge in [0.2, 0.25) is 0 Å². The lowest BCUT2D eigenvalue weighted by atomic mass is 10.2. The van der Waals surface area contributed by atoms with Crippen LogP contribution in [0.15, 0.2) is 57.8 Å². The van der Waals surface area contributed by atoms with E-state index in [1.54, 1.807) is 23.1 Å². The van der Waals surface area contributed by atoms with Gasteiger partial charge in [0, 0.05) is 4.90 Å². The summed E-state index contributed by atoms with van der Waals surface area (Å²) in [6.07, 6.45) is 0. The smallest absolute Gasteiger partial charge is 0.155 e. The highest BCUT2D eigenvalue weighted by Gasteiger charge is 2.04. The number of benzene rings is 2. The molecule has 0 amide bonds. The second-order valence-electron chi connectivity index (χ2n) is 3.69. The third kappa shape index (κ3) is 2.23. The standard InChI is InChI=1S/C14H8N2S2/c15-9-10-5-7-11(8-6-10)17-14-16-12-3-1-2-4-13(12)18-14/h1-8H. The van der Waals surface area contributed by atoms with Crippen LogP contribution in [0.2, 0.25) is 0 Å². The van der Waals surface area contributed by atoms with E-state index in [2.05, 4.69) is 17.1 Å². The first kappa shape index (κ1) is 11.3. The Morgan fingerprint density at radius 1 is 1.06 bits per heavy atom. The molecule has 3 aromatic rings. The molecule has 0 N–H and O–H groups in total. The number of hydrogen-bond donors (Lipinski definition) is 0. The molecule has 0 radical (unpaired) electrons. The number of nitriles is 1. The molecule has 0 aliphatic rings. The Morgan fingerprint density at radius 2 is 1.83 bits per heavy atom. The van der Waals surface area contributed by atoms with Crippen LogP contribution in [0.5, 0.6) is 0 Å². The van der Waals surface area contributed by atoms with Crippen LogP contribution in [0, 0.1) is 11.3 Å². The fraction of sp³-hybridized carbons (Fsp3) is 0. The van der Waals surface area contributed by atoms with E-state index in [4.69, 9.17) is 5.26 Å². The van der Waals surface area contributed by atoms with Gasteiger partial charge in [0.1, 0.15) is 0 Å². The second kappa shape index (κ2) is 4.81. The van der Waals surface area contributed by atoms with E-state index in [9.17, 15) is 0 Å². The minimum absolute atomic E-state index is 0.684. The van der Waals surface area contributed by atoms with Gasteiger partial charge in [0.05, 0.1) is 21.8 Å². The lowest BCUT2D eigenvalue weighted by Gasteiger charge is -1.96. The van der Waals surface area contributed by atoms with E-state index < -0.39 is 0 Å². The number of thiazole rings is 1. The van der Waals surface area contributed by atoms with Crippen LogP contribution in [-0.4, -0.2) is 4.98 Å². The molecule has 2 nitrogen and oxygen atoms in total. The highest BCUT2D eigenvalue weighted by molar-refractivity contribution is 8.01. The summed E-state index contributed by atoms with van der Waals surface area (Å²) < 4.78 is 2.23. The lowest BCUT2D eigenvalue weighted by molar-refractivity contribution is 1.29. The first-order chi connectivity index (χ1) is 8.85. The fourth-order valence-corrected chi connectivity index (χ4v) is 3.63. The summed E-state index contributed by atoms with van der Waals surface area (Å²) in [6, 6.07) is 17.8. The monoisotopic (exact) mass is 268 g/mol. The Labute approximate surface area is 113 Å². The van der Waals surface area contributed by atoms with E-state index in [1.165, 1.54) is 4.70 Å². The molecule has 4 heteroatoms. The molecule has 0 saturated heterocycles. The predicted octanol–water partition coefficient (Wildman–Crippen LogP) is 4.32. The van der Waals surface area contributed by atoms with Crippen molar-refractivity contribution < 1.29 is 0 Å². The highest BCUT2D eigenvalue weighted by Crippen LogP contribution is 2.34. The van der Waals surface area contributed by atoms with Gasteiger partial charge in [-0.2, -0.15) is 5.26 Å². The average Bonchev–Trinajstić information content (AvgIpc) is 2.82. The van der Waals surface area contributed by atoms with Crippen LogP contribution in [0.25, 0.3) is 10.2 Å². The molecule has 0 bridgehead atoms. The number of hydrogen-bond acceptors (Lipinski definition) is 4. The molecular formula is C14H8N2S2. The quantitative estimate of drug-likeness (QED) is 0.694. The van der Waals surface area contributed by atoms with Crippen LogP contribution in [0.4, 0.5) is 0 Å². The van der Waals surface area contributed by atoms with Gasteiger partial charge in [-0.25, -0.2) is 4.98 Å². The molecule has 3 rings (SSSR count). The van der Waals surface area contributed by atoms with Crippen molar-refractivity contribution in [1.29, 1.82) is 5.26 Å². The Balaban J connectivity index is 1.89. The maximum Gasteiger partial charge on any atom is 0.155 e. The van der Waals surface area contributed by atoms with Crippen molar-refractivity contribution >= 4 is 33.3 Å². The van der Waals surface area contributed by atoms with Gasteiger partial charge in [-0.1, -0.05) is 23.9 Å². The Morgan fingerprint density at radius 3 is 2.56 bits per heavy atom. The summed E-state index contributed by atoms with van der Waals surface area (Å²) in [7, 11) is 0. The summed E-state index contributed by atoms with van der Waals surface area (Å²) in [4.78, 5) is 5.67. The van der Waals surface area contributed by atoms with E-state index in [1.807, 2.05) is 42.5 Å². The molecule has 0 aliphatic heterocycles. The summed E-state index contributed by atoms with van der Waals surface area (Å²) in [6.45, 7) is 0. The third-order valence-electron chi connectivity index (χ3n) is 2.46. The fourth-order valence-electron chi connectivity index (χ4n) is 1.59. The molecular weight excluding hydrogens is 260 g/mol. The lowest BCUT2D eigenvalue weighted by Crippen LogP contribution is -1.75. The van der Waals surface area contributed by atoms with Crippen molar-refractivity contribution in [3.63, 3.8) is 0 Å². The van der Waals surface area contributed by atoms with Crippen LogP contribution in [0.3, 0.4) is 0 Å². The van der Waals surface area contributed by atoms with Gasteiger partial charge in [-0.3, -0.25) is 0 Å². The van der Waals surface area contributed by atoms with E-state index in [-0.39, 0.29) is 0 Å². The molecule has 1 heterocycles. The summed E-state index contributed by atoms with van der Waals surface area (Å²) in [5, 5.41) is 8.75. The largest absolute Gasteiger partial charge is 0.229 e. The minimum Gasteiger partial charge on any atom is -0.229 e. The molecule has 0 unspecified atom stereocenters. The molecule has 0 atom stereocenters. The molecule has 0 spiro atoms. The van der Waals surface area contributed by atoms with Gasteiger partial charge >= 0.3 is 0 Å². The molecule has 1 aromatic heterocycles. The van der Waals surface area contributed by atoms with Crippen LogP contribution in [-0.2, 0) is 0 Å². The first-order valence-corrected chi connectivity index (χ1v) is 7.02. The average molecular weight is 268 g/mol. The van der Waals surface area contributed by atoms with Crippen LogP contribution in [0.1, 0.15) is 5.56 Å². The predicted molar refractivity (Wildman–Crippen MR) is 74.9 cm³/mol. The normalized spacial score (nSPS) is 10.4. The van der Waals surface area contributed by atoms with Gasteiger partial charge in [-0.15, -0.1) is 11.3 Å². The van der Waals surface area contributed by atoms with Crippen LogP contribution < -0.4 is 0 Å². The number of aromatic nitrogens is 1. The number of fused-ring (bicyclic) bond motifs is 1. The van der Waals surface area contributed by atoms with Crippen molar-refractivity contribution in [2.75, 3.05) is 0 Å². The van der Waals surface area contributed by atoms with Gasteiger partial charge in [0.25, 0.3) is 0 Å². The highest BCUT2D eigenvalue weighted by atomic mass is 32.2. The van der Waals surface area contributed by atoms with Crippen LogP contribution >= 0.6 is 23.1 Å². The van der Waals surface area contributed by atoms with Gasteiger partial charge in [0.15, 0.2) is 4.34 Å². The topological polar surface area (TPSA) is 36.7 Å². The SMILES string of the molecule is N#Cc1ccc(Sc2nc3ccccc3s2)cc1. The van der Waals surface area contributed by atoms with Crippen molar-refractivity contribution in [2.24, 2.45) is 0 Å². The second-order valence-corrected chi connectivity index (χ2v) is 6.04. The number of para-hydroxylation sites is 1. The van der Waals surface area contributed by atoms with E-state index in [0.29, 0.717) is 5.56 Å². The summed E-state index contributed by atoms with van der Waals surface area (Å²) in [5.74, 6) is 0. The third-order valence-corrected chi connectivity index (χ3v) is 4.57.